The Balaban J connectivity index is 2.95. The van der Waals surface area contributed by atoms with Gasteiger partial charge in [0.05, 0.1) is 24.4 Å². The molecule has 3 unspecified atom stereocenters. The van der Waals surface area contributed by atoms with E-state index in [4.69, 9.17) is 14.2 Å². The van der Waals surface area contributed by atoms with E-state index in [1.165, 1.54) is 94.3 Å². The summed E-state index contributed by atoms with van der Waals surface area (Å²) >= 11 is 6.29. The monoisotopic (exact) mass is 648 g/mol. The van der Waals surface area contributed by atoms with Crippen LogP contribution in [0.25, 0.3) is 0 Å². The maximum Gasteiger partial charge on any atom is 0.161 e. The van der Waals surface area contributed by atoms with Gasteiger partial charge in [-0.1, -0.05) is 86.5 Å². The summed E-state index contributed by atoms with van der Waals surface area (Å²) < 4.78 is 20.3. The zero-order chi connectivity index (χ0) is 31.3. The van der Waals surface area contributed by atoms with E-state index in [-0.39, 0.29) is 30.7 Å². The summed E-state index contributed by atoms with van der Waals surface area (Å²) in [5, 5.41) is 2.20. The highest BCUT2D eigenvalue weighted by Gasteiger charge is 2.46. The van der Waals surface area contributed by atoms with Gasteiger partial charge in [0, 0.05) is 5.92 Å². The Hall–Kier alpha value is 0.930. The molecule has 1 fully saturated rings. The Morgan fingerprint density at radius 3 is 1.33 bits per heavy atom. The molecule has 0 aromatic carbocycles. The van der Waals surface area contributed by atoms with Crippen LogP contribution in [0, 0.1) is 11.8 Å². The van der Waals surface area contributed by atoms with Crippen molar-refractivity contribution >= 4 is 35.3 Å². The molecule has 0 aromatic rings. The van der Waals surface area contributed by atoms with Crippen molar-refractivity contribution < 1.29 is 14.2 Å². The molecule has 6 heteroatoms. The van der Waals surface area contributed by atoms with Crippen molar-refractivity contribution in [2.45, 2.75) is 199 Å². The molecule has 1 saturated heterocycles. The first kappa shape index (κ1) is 41.0. The van der Waals surface area contributed by atoms with Gasteiger partial charge in [0.1, 0.15) is 0 Å². The predicted molar refractivity (Wildman–Crippen MR) is 195 cm³/mol. The molecule has 42 heavy (non-hydrogen) atoms. The van der Waals surface area contributed by atoms with E-state index in [1.54, 1.807) is 0 Å². The summed E-state index contributed by atoms with van der Waals surface area (Å²) in [6, 6.07) is 0. The van der Waals surface area contributed by atoms with Crippen molar-refractivity contribution in [1.29, 1.82) is 0 Å². The van der Waals surface area contributed by atoms with Crippen molar-refractivity contribution in [1.82, 2.24) is 0 Å². The first-order valence-corrected chi connectivity index (χ1v) is 21.0. The van der Waals surface area contributed by atoms with E-state index < -0.39 is 0 Å². The minimum Gasteiger partial charge on any atom is -0.373 e. The van der Waals surface area contributed by atoms with Crippen LogP contribution in [0.2, 0.25) is 0 Å². The lowest BCUT2D eigenvalue weighted by Crippen LogP contribution is -2.54. The van der Waals surface area contributed by atoms with Gasteiger partial charge < -0.3 is 14.2 Å². The van der Waals surface area contributed by atoms with Gasteiger partial charge in [0.2, 0.25) is 0 Å². The van der Waals surface area contributed by atoms with E-state index in [1.807, 2.05) is 0 Å². The van der Waals surface area contributed by atoms with Crippen LogP contribution in [0.1, 0.15) is 153 Å². The average molecular weight is 649 g/mol. The summed E-state index contributed by atoms with van der Waals surface area (Å²) in [4.78, 5) is 0. The standard InChI is InChI=1S/C36H72O3S3/c1-27(2)37-35-32(21-15-13-19-25-41-30(7)8)33(22-16-14-20-26-42-31(9)10)36(38-28(3)4)39-34(35)23-17-11-12-18-24-40-29(5)6/h27-36H,11-26H2,1-10H3/t32?,33?,34?,35-,36-/m0/s1. The molecule has 0 bridgehead atoms. The van der Waals surface area contributed by atoms with Gasteiger partial charge in [-0.3, -0.25) is 0 Å². The van der Waals surface area contributed by atoms with Gasteiger partial charge >= 0.3 is 0 Å². The zero-order valence-corrected chi connectivity index (χ0v) is 32.0. The van der Waals surface area contributed by atoms with Gasteiger partial charge in [-0.15, -0.1) is 0 Å². The summed E-state index contributed by atoms with van der Waals surface area (Å²) in [5.41, 5.74) is 0. The van der Waals surface area contributed by atoms with Crippen molar-refractivity contribution in [3.8, 4) is 0 Å². The molecule has 252 valence electrons. The van der Waals surface area contributed by atoms with Gasteiger partial charge in [-0.05, 0) is 105 Å². The quantitative estimate of drug-likeness (QED) is 0.0867. The largest absolute Gasteiger partial charge is 0.373 e. The van der Waals surface area contributed by atoms with E-state index in [9.17, 15) is 0 Å². The molecule has 0 spiro atoms. The van der Waals surface area contributed by atoms with Crippen LogP contribution in [-0.2, 0) is 14.2 Å². The van der Waals surface area contributed by atoms with E-state index in [0.29, 0.717) is 11.8 Å². The highest BCUT2D eigenvalue weighted by molar-refractivity contribution is 8.00. The molecule has 1 aliphatic rings. The molecule has 3 nitrogen and oxygen atoms in total. The molecule has 1 rings (SSSR count). The first-order chi connectivity index (χ1) is 20.0. The SMILES string of the molecule is CC(C)O[C@H]1OC(CCCCCCSC(C)C)[C@@H](OC(C)C)C(CCCCCSC(C)C)C1CCCCCSC(C)C. The molecule has 1 heterocycles. The normalized spacial score (nSPS) is 23.4. The second kappa shape index (κ2) is 25.1. The molecule has 0 radical (unpaired) electrons. The van der Waals surface area contributed by atoms with Crippen LogP contribution in [0.3, 0.4) is 0 Å². The fourth-order valence-electron chi connectivity index (χ4n) is 6.01. The van der Waals surface area contributed by atoms with E-state index >= 15 is 0 Å². The fourth-order valence-corrected chi connectivity index (χ4v) is 8.54. The average Bonchev–Trinajstić information content (AvgIpc) is 2.89. The molecule has 0 aromatic heterocycles. The topological polar surface area (TPSA) is 27.7 Å². The third-order valence-electron chi connectivity index (χ3n) is 7.93. The van der Waals surface area contributed by atoms with Crippen LogP contribution in [0.4, 0.5) is 0 Å². The molecule has 5 atom stereocenters. The lowest BCUT2D eigenvalue weighted by molar-refractivity contribution is -0.292. The number of thioether (sulfide) groups is 3. The smallest absolute Gasteiger partial charge is 0.161 e. The summed E-state index contributed by atoms with van der Waals surface area (Å²) in [6.45, 7) is 22.6. The third-order valence-corrected chi connectivity index (χ3v) is 11.5. The molecule has 0 aliphatic carbocycles. The van der Waals surface area contributed by atoms with Crippen molar-refractivity contribution in [2.75, 3.05) is 17.3 Å². The van der Waals surface area contributed by atoms with Gasteiger partial charge in [0.15, 0.2) is 6.29 Å². The second-order valence-electron chi connectivity index (χ2n) is 13.9. The molecule has 1 aliphatic heterocycles. The van der Waals surface area contributed by atoms with Crippen molar-refractivity contribution in [3.63, 3.8) is 0 Å². The minimum atomic E-state index is -0.101. The fraction of sp³-hybridized carbons (Fsp3) is 1.00. The number of rotatable bonds is 26. The number of ether oxygens (including phenoxy) is 3. The summed E-state index contributed by atoms with van der Waals surface area (Å²) in [5.74, 6) is 4.78. The van der Waals surface area contributed by atoms with Crippen LogP contribution in [0.15, 0.2) is 0 Å². The van der Waals surface area contributed by atoms with Crippen LogP contribution >= 0.6 is 35.3 Å². The molecular weight excluding hydrogens is 577 g/mol. The zero-order valence-electron chi connectivity index (χ0n) is 29.5. The highest BCUT2D eigenvalue weighted by Crippen LogP contribution is 2.42. The molecule has 0 amide bonds. The Labute approximate surface area is 276 Å². The number of unbranched alkanes of at least 4 members (excludes halogenated alkanes) is 7. The van der Waals surface area contributed by atoms with Crippen LogP contribution in [0.5, 0.6) is 0 Å². The van der Waals surface area contributed by atoms with Crippen LogP contribution < -0.4 is 0 Å². The number of hydrogen-bond acceptors (Lipinski definition) is 6. The Kier molecular flexibility index (Phi) is 24.4. The van der Waals surface area contributed by atoms with Gasteiger partial charge in [0.25, 0.3) is 0 Å². The highest BCUT2D eigenvalue weighted by atomic mass is 32.2. The maximum atomic E-state index is 6.93. The van der Waals surface area contributed by atoms with Crippen molar-refractivity contribution in [3.05, 3.63) is 0 Å². The van der Waals surface area contributed by atoms with Crippen LogP contribution in [-0.4, -0.2) is 63.7 Å². The molecular formula is C36H72O3S3. The Morgan fingerprint density at radius 2 is 0.881 bits per heavy atom. The molecule has 0 saturated carbocycles. The van der Waals surface area contributed by atoms with Crippen molar-refractivity contribution in [2.24, 2.45) is 11.8 Å². The lowest BCUT2D eigenvalue weighted by Gasteiger charge is -2.48. The predicted octanol–water partition coefficient (Wildman–Crippen LogP) is 11.7. The maximum absolute atomic E-state index is 6.93. The minimum absolute atomic E-state index is 0.101. The van der Waals surface area contributed by atoms with Gasteiger partial charge in [-0.25, -0.2) is 0 Å². The Morgan fingerprint density at radius 1 is 0.476 bits per heavy atom. The summed E-state index contributed by atoms with van der Waals surface area (Å²) in [7, 11) is 0. The Bertz CT molecular complexity index is 614. The second-order valence-corrected chi connectivity index (χ2v) is 18.9. The van der Waals surface area contributed by atoms with E-state index in [2.05, 4.69) is 105 Å². The lowest BCUT2D eigenvalue weighted by atomic mass is 9.75. The molecule has 0 N–H and O–H groups in total. The van der Waals surface area contributed by atoms with Gasteiger partial charge in [-0.2, -0.15) is 35.3 Å². The summed E-state index contributed by atoms with van der Waals surface area (Å²) in [6.07, 6.45) is 17.1. The first-order valence-electron chi connectivity index (χ1n) is 17.8. The number of hydrogen-bond donors (Lipinski definition) is 0. The third kappa shape index (κ3) is 20.1. The van der Waals surface area contributed by atoms with E-state index in [0.717, 1.165) is 22.2 Å².